The Morgan fingerprint density at radius 3 is 2.28 bits per heavy atom. The van der Waals surface area contributed by atoms with E-state index in [1.807, 2.05) is 0 Å². The minimum atomic E-state index is -0.396. The molecule has 0 aliphatic carbocycles. The Morgan fingerprint density at radius 2 is 1.66 bits per heavy atom. The molecule has 0 aromatic heterocycles. The molecule has 0 N–H and O–H groups in total. The first-order valence-electron chi connectivity index (χ1n) is 10.0. The maximum Gasteiger partial charge on any atom is 0.269 e. The molecule has 6 rings (SSSR count). The van der Waals surface area contributed by atoms with Gasteiger partial charge in [0.05, 0.1) is 22.3 Å². The number of rotatable bonds is 4. The monoisotopic (exact) mass is 389 g/mol. The fourth-order valence-electron chi connectivity index (χ4n) is 5.08. The van der Waals surface area contributed by atoms with Gasteiger partial charge in [0.1, 0.15) is 0 Å². The fourth-order valence-corrected chi connectivity index (χ4v) is 5.08. The van der Waals surface area contributed by atoms with E-state index >= 15 is 0 Å². The van der Waals surface area contributed by atoms with E-state index in [1.54, 1.807) is 18.3 Å². The minimum Gasteiger partial charge on any atom is -0.300 e. The molecule has 0 amide bonds. The third-order valence-electron chi connectivity index (χ3n) is 6.36. The first-order chi connectivity index (χ1) is 14.1. The van der Waals surface area contributed by atoms with Crippen molar-refractivity contribution in [2.24, 2.45) is 16.1 Å². The van der Waals surface area contributed by atoms with Crippen LogP contribution in [0.1, 0.15) is 11.1 Å². The molecule has 0 saturated carbocycles. The van der Waals surface area contributed by atoms with Crippen LogP contribution in [0.25, 0.3) is 0 Å². The van der Waals surface area contributed by atoms with E-state index in [-0.39, 0.29) is 11.1 Å². The normalized spacial score (nSPS) is 32.0. The van der Waals surface area contributed by atoms with Gasteiger partial charge in [-0.15, -0.1) is 0 Å². The molecule has 29 heavy (non-hydrogen) atoms. The molecule has 148 valence electrons. The van der Waals surface area contributed by atoms with Crippen LogP contribution in [-0.2, 0) is 5.41 Å². The number of benzene rings is 2. The minimum absolute atomic E-state index is 0.0804. The van der Waals surface area contributed by atoms with E-state index in [0.717, 1.165) is 44.8 Å². The van der Waals surface area contributed by atoms with Crippen molar-refractivity contribution >= 4 is 17.6 Å². The van der Waals surface area contributed by atoms with E-state index in [2.05, 4.69) is 45.2 Å². The fraction of sp³-hybridized carbons (Fsp3) is 0.364. The van der Waals surface area contributed by atoms with Gasteiger partial charge >= 0.3 is 0 Å². The number of piperidine rings is 2. The Bertz CT molecular complexity index is 954. The summed E-state index contributed by atoms with van der Waals surface area (Å²) in [6.07, 6.45) is 1.69. The van der Waals surface area contributed by atoms with Gasteiger partial charge in [-0.1, -0.05) is 30.3 Å². The second-order valence-corrected chi connectivity index (χ2v) is 8.19. The van der Waals surface area contributed by atoms with Crippen LogP contribution in [-0.4, -0.2) is 65.9 Å². The highest BCUT2D eigenvalue weighted by Crippen LogP contribution is 2.41. The lowest BCUT2D eigenvalue weighted by Crippen LogP contribution is -2.63. The average Bonchev–Trinajstić information content (AvgIpc) is 2.99. The summed E-state index contributed by atoms with van der Waals surface area (Å²) >= 11 is 0. The third-order valence-corrected chi connectivity index (χ3v) is 6.36. The first-order valence-corrected chi connectivity index (χ1v) is 10.0. The first kappa shape index (κ1) is 18.1. The molecule has 2 unspecified atom stereocenters. The summed E-state index contributed by atoms with van der Waals surface area (Å²) in [5, 5.41) is 20.0. The highest BCUT2D eigenvalue weighted by molar-refractivity contribution is 5.99. The van der Waals surface area contributed by atoms with Crippen molar-refractivity contribution in [2.75, 3.05) is 39.3 Å². The molecule has 2 aromatic carbocycles. The van der Waals surface area contributed by atoms with E-state index in [4.69, 9.17) is 5.10 Å². The SMILES string of the molecule is O=[N+]([O-])c1ccc(/C=N/N=C2/C3CN4CCN(C3)CC2(c2ccccc2)C4)cc1. The summed E-state index contributed by atoms with van der Waals surface area (Å²) in [6, 6.07) is 17.1. The molecule has 4 bridgehead atoms. The van der Waals surface area contributed by atoms with Gasteiger partial charge in [-0.05, 0) is 23.3 Å². The van der Waals surface area contributed by atoms with Crippen LogP contribution in [0.4, 0.5) is 5.69 Å². The second kappa shape index (κ2) is 7.17. The molecule has 0 spiro atoms. The molecular formula is C22H23N5O2. The molecule has 7 nitrogen and oxygen atoms in total. The highest BCUT2D eigenvalue weighted by atomic mass is 16.6. The zero-order valence-corrected chi connectivity index (χ0v) is 16.1. The number of nitro benzene ring substituents is 1. The molecule has 4 aliphatic rings. The Kier molecular flexibility index (Phi) is 4.49. The molecular weight excluding hydrogens is 366 g/mol. The van der Waals surface area contributed by atoms with Gasteiger partial charge in [0.25, 0.3) is 5.69 Å². The van der Waals surface area contributed by atoms with E-state index < -0.39 is 4.92 Å². The lowest BCUT2D eigenvalue weighted by atomic mass is 9.66. The summed E-state index contributed by atoms with van der Waals surface area (Å²) in [4.78, 5) is 15.6. The largest absolute Gasteiger partial charge is 0.300 e. The summed E-state index contributed by atoms with van der Waals surface area (Å²) in [5.41, 5.74) is 3.26. The number of hydrogen-bond donors (Lipinski definition) is 0. The predicted octanol–water partition coefficient (Wildman–Crippen LogP) is 2.57. The third kappa shape index (κ3) is 3.26. The highest BCUT2D eigenvalue weighted by Gasteiger charge is 2.53. The van der Waals surface area contributed by atoms with Crippen molar-refractivity contribution in [3.05, 3.63) is 75.8 Å². The van der Waals surface area contributed by atoms with Crippen LogP contribution in [0.3, 0.4) is 0 Å². The lowest BCUT2D eigenvalue weighted by molar-refractivity contribution is -0.384. The predicted molar refractivity (Wildman–Crippen MR) is 113 cm³/mol. The molecule has 4 aliphatic heterocycles. The topological polar surface area (TPSA) is 74.3 Å². The van der Waals surface area contributed by atoms with Crippen LogP contribution in [0.5, 0.6) is 0 Å². The Balaban J connectivity index is 1.49. The van der Waals surface area contributed by atoms with Gasteiger partial charge in [0, 0.05) is 57.3 Å². The standard InChI is InChI=1S/C22H23N5O2/c28-27(29)20-8-6-17(7-9-20)12-23-24-21-18-13-25-10-11-26(14-18)16-22(21,15-25)19-4-2-1-3-5-19/h1-9,12,18H,10-11,13-16H2/b23-12+,24-21-. The van der Waals surface area contributed by atoms with Gasteiger partial charge in [0.2, 0.25) is 0 Å². The lowest BCUT2D eigenvalue weighted by Gasteiger charge is -2.50. The maximum absolute atomic E-state index is 10.8. The molecule has 4 saturated heterocycles. The van der Waals surface area contributed by atoms with Crippen molar-refractivity contribution < 1.29 is 4.92 Å². The van der Waals surface area contributed by atoms with Crippen molar-refractivity contribution in [3.8, 4) is 0 Å². The van der Waals surface area contributed by atoms with E-state index in [0.29, 0.717) is 5.92 Å². The number of hydrogen-bond acceptors (Lipinski definition) is 6. The molecule has 4 heterocycles. The molecule has 2 atom stereocenters. The molecule has 2 aromatic rings. The van der Waals surface area contributed by atoms with Crippen LogP contribution in [0.15, 0.2) is 64.8 Å². The number of nitro groups is 1. The maximum atomic E-state index is 10.8. The van der Waals surface area contributed by atoms with Gasteiger partial charge in [-0.25, -0.2) is 0 Å². The van der Waals surface area contributed by atoms with Gasteiger partial charge in [0.15, 0.2) is 0 Å². The molecule has 0 radical (unpaired) electrons. The summed E-state index contributed by atoms with van der Waals surface area (Å²) in [5.74, 6) is 0.384. The number of fused-ring (bicyclic) bond motifs is 1. The van der Waals surface area contributed by atoms with Crippen molar-refractivity contribution in [2.45, 2.75) is 5.41 Å². The van der Waals surface area contributed by atoms with Gasteiger partial charge in [-0.2, -0.15) is 10.2 Å². The zero-order valence-electron chi connectivity index (χ0n) is 16.1. The van der Waals surface area contributed by atoms with Crippen LogP contribution >= 0.6 is 0 Å². The van der Waals surface area contributed by atoms with E-state index in [1.165, 1.54) is 23.4 Å². The van der Waals surface area contributed by atoms with Crippen LogP contribution in [0, 0.1) is 16.0 Å². The van der Waals surface area contributed by atoms with Crippen molar-refractivity contribution in [3.63, 3.8) is 0 Å². The summed E-state index contributed by atoms with van der Waals surface area (Å²) in [6.45, 7) is 6.27. The van der Waals surface area contributed by atoms with Crippen LogP contribution < -0.4 is 0 Å². The van der Waals surface area contributed by atoms with Gasteiger partial charge < -0.3 is 9.80 Å². The smallest absolute Gasteiger partial charge is 0.269 e. The second-order valence-electron chi connectivity index (χ2n) is 8.19. The molecule has 7 heteroatoms. The Hall–Kier alpha value is -2.90. The van der Waals surface area contributed by atoms with Crippen LogP contribution in [0.2, 0.25) is 0 Å². The van der Waals surface area contributed by atoms with E-state index in [9.17, 15) is 10.1 Å². The van der Waals surface area contributed by atoms with Crippen molar-refractivity contribution in [1.29, 1.82) is 0 Å². The van der Waals surface area contributed by atoms with Crippen molar-refractivity contribution in [1.82, 2.24) is 9.80 Å². The number of nitrogens with zero attached hydrogens (tertiary/aromatic N) is 5. The Labute approximate surface area is 169 Å². The number of non-ortho nitro benzene ring substituents is 1. The quantitative estimate of drug-likeness (QED) is 0.458. The average molecular weight is 389 g/mol. The zero-order chi connectivity index (χ0) is 19.8. The molecule has 4 fully saturated rings. The summed E-state index contributed by atoms with van der Waals surface area (Å²) in [7, 11) is 0. The Morgan fingerprint density at radius 1 is 1.00 bits per heavy atom. The summed E-state index contributed by atoms with van der Waals surface area (Å²) < 4.78 is 0. The van der Waals surface area contributed by atoms with Gasteiger partial charge in [-0.3, -0.25) is 10.1 Å².